The van der Waals surface area contributed by atoms with E-state index < -0.39 is 28.7 Å². The third-order valence-corrected chi connectivity index (χ3v) is 8.58. The van der Waals surface area contributed by atoms with E-state index in [-0.39, 0.29) is 6.42 Å². The minimum absolute atomic E-state index is 0.0543. The van der Waals surface area contributed by atoms with Gasteiger partial charge in [0, 0.05) is 67.9 Å². The number of amides is 1. The molecule has 0 spiro atoms. The number of benzene rings is 2. The largest absolute Gasteiger partial charge is 0.350 e. The van der Waals surface area contributed by atoms with E-state index in [2.05, 4.69) is 25.1 Å². The van der Waals surface area contributed by atoms with Gasteiger partial charge in [-0.15, -0.1) is 11.3 Å². The quantitative estimate of drug-likeness (QED) is 0.203. The molecule has 6 rings (SSSR count). The zero-order valence-corrected chi connectivity index (χ0v) is 26.2. The number of hydrogen-bond donors (Lipinski definition) is 2. The average Bonchev–Trinajstić information content (AvgIpc) is 3.55. The molecule has 4 aromatic heterocycles. The molecule has 6 aromatic rings. The van der Waals surface area contributed by atoms with E-state index in [1.807, 2.05) is 38.4 Å². The molecule has 0 aliphatic carbocycles. The van der Waals surface area contributed by atoms with E-state index in [9.17, 15) is 17.8 Å². The molecule has 230 valence electrons. The topological polar surface area (TPSA) is 131 Å². The lowest BCUT2D eigenvalue weighted by Gasteiger charge is -2.20. The first-order valence-corrected chi connectivity index (χ1v) is 16.0. The van der Waals surface area contributed by atoms with Gasteiger partial charge >= 0.3 is 0 Å². The molecule has 45 heavy (non-hydrogen) atoms. The van der Waals surface area contributed by atoms with Crippen molar-refractivity contribution >= 4 is 61.7 Å². The SMILES string of the molecule is CN(C)c1ncc(-c2nc3nc(C(Cc4cc(F)cc(F)c4)NC=O)c(-c4cccc5c(NS(C)=O)nn(C)c45)cc3s2)cn1. The van der Waals surface area contributed by atoms with Crippen molar-refractivity contribution in [2.45, 2.75) is 12.5 Å². The van der Waals surface area contributed by atoms with Crippen molar-refractivity contribution in [1.29, 1.82) is 0 Å². The predicted molar refractivity (Wildman–Crippen MR) is 172 cm³/mol. The van der Waals surface area contributed by atoms with E-state index in [0.29, 0.717) is 51.2 Å². The van der Waals surface area contributed by atoms with E-state index in [4.69, 9.17) is 9.97 Å². The summed E-state index contributed by atoms with van der Waals surface area (Å²) in [4.78, 5) is 32.2. The highest BCUT2D eigenvalue weighted by molar-refractivity contribution is 7.85. The van der Waals surface area contributed by atoms with E-state index in [0.717, 1.165) is 27.2 Å². The second-order valence-electron chi connectivity index (χ2n) is 10.5. The van der Waals surface area contributed by atoms with Crippen LogP contribution in [0.2, 0.25) is 0 Å². The van der Waals surface area contributed by atoms with Gasteiger partial charge in [0.15, 0.2) is 11.5 Å². The first kappa shape index (κ1) is 30.1. The van der Waals surface area contributed by atoms with Crippen molar-refractivity contribution in [2.75, 3.05) is 30.0 Å². The highest BCUT2D eigenvalue weighted by Crippen LogP contribution is 2.40. The van der Waals surface area contributed by atoms with E-state index in [1.54, 1.807) is 29.0 Å². The minimum Gasteiger partial charge on any atom is -0.350 e. The number of rotatable bonds is 10. The minimum atomic E-state index is -1.36. The maximum absolute atomic E-state index is 14.2. The lowest BCUT2D eigenvalue weighted by molar-refractivity contribution is -0.110. The number of anilines is 2. The van der Waals surface area contributed by atoms with Crippen LogP contribution >= 0.6 is 11.3 Å². The summed E-state index contributed by atoms with van der Waals surface area (Å²) in [5, 5.41) is 8.72. The molecule has 2 N–H and O–H groups in total. The Labute approximate surface area is 263 Å². The van der Waals surface area contributed by atoms with Gasteiger partial charge in [0.25, 0.3) is 0 Å². The van der Waals surface area contributed by atoms with Crippen LogP contribution in [0.1, 0.15) is 17.3 Å². The van der Waals surface area contributed by atoms with Gasteiger partial charge in [0.1, 0.15) is 27.6 Å². The Kier molecular flexibility index (Phi) is 8.20. The highest BCUT2D eigenvalue weighted by Gasteiger charge is 2.24. The molecule has 0 saturated heterocycles. The van der Waals surface area contributed by atoms with Gasteiger partial charge < -0.3 is 10.2 Å². The lowest BCUT2D eigenvalue weighted by Crippen LogP contribution is -2.24. The third-order valence-electron chi connectivity index (χ3n) is 7.05. The van der Waals surface area contributed by atoms with Gasteiger partial charge in [0.2, 0.25) is 12.4 Å². The molecule has 0 aliphatic rings. The van der Waals surface area contributed by atoms with Crippen LogP contribution in [0, 0.1) is 11.6 Å². The standard InChI is InChI=1S/C30H27F2N9O2S2/c1-40(2)30-33-13-17(14-34-30)29-37-28-24(44-29)12-22(20-6-5-7-21-26(20)41(3)38-27(21)39-45(4)43)25(36-28)23(35-15-42)10-16-8-18(31)11-19(32)9-16/h5-9,11-15,23H,10H2,1-4H3,(H,35,42)(H,38,39). The second-order valence-corrected chi connectivity index (χ2v) is 12.6. The molecular weight excluding hydrogens is 621 g/mol. The number of para-hydroxylation sites is 1. The smallest absolute Gasteiger partial charge is 0.224 e. The number of pyridine rings is 1. The highest BCUT2D eigenvalue weighted by atomic mass is 32.2. The summed E-state index contributed by atoms with van der Waals surface area (Å²) in [7, 11) is 4.13. The van der Waals surface area contributed by atoms with Gasteiger partial charge in [-0.05, 0) is 36.2 Å². The Hall–Kier alpha value is -4.89. The van der Waals surface area contributed by atoms with E-state index in [1.165, 1.54) is 29.7 Å². The number of thiazole rings is 1. The maximum atomic E-state index is 14.2. The van der Waals surface area contributed by atoms with Crippen LogP contribution in [0.5, 0.6) is 0 Å². The molecule has 1 amide bonds. The Balaban J connectivity index is 1.57. The van der Waals surface area contributed by atoms with E-state index >= 15 is 0 Å². The van der Waals surface area contributed by atoms with Crippen LogP contribution in [0.15, 0.2) is 54.9 Å². The van der Waals surface area contributed by atoms with Gasteiger partial charge in [-0.1, -0.05) is 12.1 Å². The molecular formula is C30H27F2N9O2S2. The summed E-state index contributed by atoms with van der Waals surface area (Å²) in [6.07, 6.45) is 5.50. The fourth-order valence-corrected chi connectivity index (χ4v) is 6.54. The molecule has 0 aliphatic heterocycles. The normalized spacial score (nSPS) is 12.8. The fourth-order valence-electron chi connectivity index (χ4n) is 5.19. The van der Waals surface area contributed by atoms with Crippen molar-refractivity contribution in [2.24, 2.45) is 7.05 Å². The first-order chi connectivity index (χ1) is 21.6. The molecule has 0 bridgehead atoms. The first-order valence-electron chi connectivity index (χ1n) is 13.6. The number of nitrogens with one attached hydrogen (secondary N) is 2. The Morgan fingerprint density at radius 2 is 1.80 bits per heavy atom. The summed E-state index contributed by atoms with van der Waals surface area (Å²) >= 11 is 1.41. The molecule has 0 fully saturated rings. The number of aryl methyl sites for hydroxylation is 1. The molecule has 2 atom stereocenters. The third kappa shape index (κ3) is 6.08. The zero-order valence-electron chi connectivity index (χ0n) is 24.6. The van der Waals surface area contributed by atoms with Crippen LogP contribution in [0.4, 0.5) is 20.5 Å². The number of hydrogen-bond acceptors (Lipinski definition) is 9. The Morgan fingerprint density at radius 1 is 1.07 bits per heavy atom. The zero-order chi connectivity index (χ0) is 31.8. The molecule has 2 aromatic carbocycles. The van der Waals surface area contributed by atoms with Crippen molar-refractivity contribution < 1.29 is 17.8 Å². The number of carbonyl (C=O) groups excluding carboxylic acids is 1. The van der Waals surface area contributed by atoms with Gasteiger partial charge in [0.05, 0.1) is 22.0 Å². The number of fused-ring (bicyclic) bond motifs is 2. The lowest BCUT2D eigenvalue weighted by atomic mass is 9.94. The van der Waals surface area contributed by atoms with Gasteiger partial charge in [-0.25, -0.2) is 32.9 Å². The van der Waals surface area contributed by atoms with Gasteiger partial charge in [-0.3, -0.25) is 14.2 Å². The Bertz CT molecular complexity index is 2060. The molecule has 2 unspecified atom stereocenters. The molecule has 0 radical (unpaired) electrons. The molecule has 0 saturated carbocycles. The van der Waals surface area contributed by atoms with Gasteiger partial charge in [-0.2, -0.15) is 5.10 Å². The summed E-state index contributed by atoms with van der Waals surface area (Å²) in [6, 6.07) is 10.0. The maximum Gasteiger partial charge on any atom is 0.224 e. The second kappa shape index (κ2) is 12.2. The van der Waals surface area contributed by atoms with Crippen LogP contribution < -0.4 is 14.9 Å². The average molecular weight is 648 g/mol. The fraction of sp³-hybridized carbons (Fsp3) is 0.200. The number of nitrogens with zero attached hydrogens (tertiary/aromatic N) is 7. The monoisotopic (exact) mass is 647 g/mol. The van der Waals surface area contributed by atoms with Crippen molar-refractivity contribution in [3.63, 3.8) is 0 Å². The molecule has 11 nitrogen and oxygen atoms in total. The van der Waals surface area contributed by atoms with Crippen molar-refractivity contribution in [3.8, 4) is 21.7 Å². The summed E-state index contributed by atoms with van der Waals surface area (Å²) < 4.78 is 45.6. The Morgan fingerprint density at radius 3 is 2.47 bits per heavy atom. The van der Waals surface area contributed by atoms with Crippen LogP contribution in [0.25, 0.3) is 42.9 Å². The molecule has 15 heteroatoms. The summed E-state index contributed by atoms with van der Waals surface area (Å²) in [5.41, 5.74) is 4.04. The number of aromatic nitrogens is 6. The number of carbonyl (C=O) groups is 1. The van der Waals surface area contributed by atoms with Crippen LogP contribution in [-0.2, 0) is 29.2 Å². The summed E-state index contributed by atoms with van der Waals surface area (Å²) in [6.45, 7) is 0. The van der Waals surface area contributed by atoms with Crippen LogP contribution in [-0.4, -0.2) is 60.7 Å². The number of halogens is 2. The van der Waals surface area contributed by atoms with Crippen LogP contribution in [0.3, 0.4) is 0 Å². The van der Waals surface area contributed by atoms with Crippen molar-refractivity contribution in [3.05, 3.63) is 77.8 Å². The molecule has 4 heterocycles. The summed E-state index contributed by atoms with van der Waals surface area (Å²) in [5.74, 6) is -0.440. The predicted octanol–water partition coefficient (Wildman–Crippen LogP) is 4.78. The van der Waals surface area contributed by atoms with Crippen molar-refractivity contribution in [1.82, 2.24) is 35.0 Å².